The summed E-state index contributed by atoms with van der Waals surface area (Å²) in [4.78, 5) is 7.53. The molecule has 0 saturated carbocycles. The molecule has 1 N–H and O–H groups in total. The van der Waals surface area contributed by atoms with Crippen LogP contribution < -0.4 is 0 Å². The monoisotopic (exact) mass is 258 g/mol. The Balaban J connectivity index is 2.63. The minimum Gasteiger partial charge on any atom is -0.341 e. The predicted octanol–water partition coefficient (Wildman–Crippen LogP) is 2.27. The SMILES string of the molecule is CC(Cl)c1nc2ccc(S(C)(=O)=O)cc2[nH]1. The van der Waals surface area contributed by atoms with Crippen molar-refractivity contribution >= 4 is 32.5 Å². The maximum Gasteiger partial charge on any atom is 0.175 e. The third-order valence-electron chi connectivity index (χ3n) is 2.28. The fraction of sp³-hybridized carbons (Fsp3) is 0.300. The van der Waals surface area contributed by atoms with E-state index >= 15 is 0 Å². The Morgan fingerprint density at radius 2 is 2.12 bits per heavy atom. The van der Waals surface area contributed by atoms with Crippen LogP contribution in [0.3, 0.4) is 0 Å². The molecule has 0 spiro atoms. The van der Waals surface area contributed by atoms with E-state index in [4.69, 9.17) is 11.6 Å². The summed E-state index contributed by atoms with van der Waals surface area (Å²) < 4.78 is 22.7. The third kappa shape index (κ3) is 2.05. The van der Waals surface area contributed by atoms with Crippen LogP contribution in [0.2, 0.25) is 0 Å². The van der Waals surface area contributed by atoms with Gasteiger partial charge in [-0.25, -0.2) is 13.4 Å². The van der Waals surface area contributed by atoms with E-state index in [0.717, 1.165) is 5.52 Å². The third-order valence-corrected chi connectivity index (χ3v) is 3.59. The highest BCUT2D eigenvalue weighted by atomic mass is 35.5. The van der Waals surface area contributed by atoms with E-state index in [1.54, 1.807) is 25.1 Å². The quantitative estimate of drug-likeness (QED) is 0.841. The normalized spacial score (nSPS) is 14.2. The van der Waals surface area contributed by atoms with Gasteiger partial charge >= 0.3 is 0 Å². The van der Waals surface area contributed by atoms with Gasteiger partial charge < -0.3 is 4.98 Å². The molecule has 0 bridgehead atoms. The molecular weight excluding hydrogens is 248 g/mol. The number of hydrogen-bond donors (Lipinski definition) is 1. The molecule has 0 fully saturated rings. The van der Waals surface area contributed by atoms with Gasteiger partial charge in [-0.3, -0.25) is 0 Å². The first-order valence-corrected chi connectivity index (χ1v) is 7.04. The Labute approximate surface area is 98.6 Å². The molecular formula is C10H11ClN2O2S. The molecule has 1 aromatic heterocycles. The van der Waals surface area contributed by atoms with Crippen LogP contribution in [-0.4, -0.2) is 24.6 Å². The van der Waals surface area contributed by atoms with Crippen LogP contribution in [0, 0.1) is 0 Å². The number of alkyl halides is 1. The summed E-state index contributed by atoms with van der Waals surface area (Å²) in [6.07, 6.45) is 1.18. The number of nitrogens with one attached hydrogen (secondary N) is 1. The molecule has 1 heterocycles. The lowest BCUT2D eigenvalue weighted by atomic mass is 10.3. The molecule has 86 valence electrons. The fourth-order valence-corrected chi connectivity index (χ4v) is 2.18. The number of aromatic amines is 1. The van der Waals surface area contributed by atoms with E-state index < -0.39 is 9.84 Å². The fourth-order valence-electron chi connectivity index (χ4n) is 1.43. The van der Waals surface area contributed by atoms with Gasteiger partial charge in [0.15, 0.2) is 9.84 Å². The summed E-state index contributed by atoms with van der Waals surface area (Å²) in [6, 6.07) is 4.78. The minimum absolute atomic E-state index is 0.228. The van der Waals surface area contributed by atoms with E-state index in [0.29, 0.717) is 11.3 Å². The van der Waals surface area contributed by atoms with Crippen molar-refractivity contribution in [2.24, 2.45) is 0 Å². The zero-order valence-corrected chi connectivity index (χ0v) is 10.4. The second-order valence-electron chi connectivity index (χ2n) is 3.69. The second-order valence-corrected chi connectivity index (χ2v) is 6.36. The Bertz CT molecular complexity index is 631. The molecule has 0 aliphatic heterocycles. The number of benzene rings is 1. The van der Waals surface area contributed by atoms with E-state index in [2.05, 4.69) is 9.97 Å². The molecule has 16 heavy (non-hydrogen) atoms. The van der Waals surface area contributed by atoms with Gasteiger partial charge in [0, 0.05) is 6.26 Å². The van der Waals surface area contributed by atoms with Gasteiger partial charge in [-0.1, -0.05) is 0 Å². The zero-order valence-electron chi connectivity index (χ0n) is 8.86. The number of aromatic nitrogens is 2. The van der Waals surface area contributed by atoms with Crippen LogP contribution in [0.15, 0.2) is 23.1 Å². The lowest BCUT2D eigenvalue weighted by Gasteiger charge is -1.96. The van der Waals surface area contributed by atoms with Crippen molar-refractivity contribution in [3.8, 4) is 0 Å². The number of halogens is 1. The van der Waals surface area contributed by atoms with Gasteiger partial charge in [0.2, 0.25) is 0 Å². The van der Waals surface area contributed by atoms with E-state index in [9.17, 15) is 8.42 Å². The van der Waals surface area contributed by atoms with Crippen molar-refractivity contribution in [3.63, 3.8) is 0 Å². The maximum atomic E-state index is 11.4. The summed E-state index contributed by atoms with van der Waals surface area (Å²) in [6.45, 7) is 1.80. The van der Waals surface area contributed by atoms with Gasteiger partial charge in [-0.2, -0.15) is 0 Å². The van der Waals surface area contributed by atoms with Crippen LogP contribution in [-0.2, 0) is 9.84 Å². The molecule has 2 aromatic rings. The van der Waals surface area contributed by atoms with Gasteiger partial charge in [0.05, 0.1) is 21.3 Å². The molecule has 0 radical (unpaired) electrons. The summed E-state index contributed by atoms with van der Waals surface area (Å²) in [5, 5.41) is -0.228. The van der Waals surface area contributed by atoms with Crippen LogP contribution in [0.1, 0.15) is 18.1 Å². The average Bonchev–Trinajstić information content (AvgIpc) is 2.58. The van der Waals surface area contributed by atoms with Gasteiger partial charge in [0.1, 0.15) is 5.82 Å². The van der Waals surface area contributed by atoms with Gasteiger partial charge in [0.25, 0.3) is 0 Å². The van der Waals surface area contributed by atoms with Crippen molar-refractivity contribution in [1.82, 2.24) is 9.97 Å². The summed E-state index contributed by atoms with van der Waals surface area (Å²) in [5.74, 6) is 0.641. The molecule has 1 unspecified atom stereocenters. The van der Waals surface area contributed by atoms with Crippen LogP contribution in [0.4, 0.5) is 0 Å². The highest BCUT2D eigenvalue weighted by molar-refractivity contribution is 7.90. The number of sulfone groups is 1. The lowest BCUT2D eigenvalue weighted by molar-refractivity contribution is 0.602. The molecule has 2 rings (SSSR count). The van der Waals surface area contributed by atoms with E-state index in [-0.39, 0.29) is 10.3 Å². The number of fused-ring (bicyclic) bond motifs is 1. The summed E-state index contributed by atoms with van der Waals surface area (Å²) in [5.41, 5.74) is 1.40. The Morgan fingerprint density at radius 3 is 2.69 bits per heavy atom. The Morgan fingerprint density at radius 1 is 1.44 bits per heavy atom. The minimum atomic E-state index is -3.19. The Kier molecular flexibility index (Phi) is 2.67. The summed E-state index contributed by atoms with van der Waals surface area (Å²) >= 11 is 5.89. The van der Waals surface area contributed by atoms with E-state index in [1.165, 1.54) is 6.26 Å². The predicted molar refractivity (Wildman–Crippen MR) is 63.5 cm³/mol. The highest BCUT2D eigenvalue weighted by Gasteiger charge is 2.11. The largest absolute Gasteiger partial charge is 0.341 e. The number of H-pyrrole nitrogens is 1. The first-order valence-electron chi connectivity index (χ1n) is 4.72. The molecule has 0 aliphatic carbocycles. The van der Waals surface area contributed by atoms with Gasteiger partial charge in [-0.15, -0.1) is 11.6 Å². The number of nitrogens with zero attached hydrogens (tertiary/aromatic N) is 1. The zero-order chi connectivity index (χ0) is 11.9. The average molecular weight is 259 g/mol. The van der Waals surface area contributed by atoms with Crippen molar-refractivity contribution < 1.29 is 8.42 Å². The van der Waals surface area contributed by atoms with Crippen molar-refractivity contribution in [3.05, 3.63) is 24.0 Å². The molecule has 0 aliphatic rings. The number of rotatable bonds is 2. The smallest absolute Gasteiger partial charge is 0.175 e. The van der Waals surface area contributed by atoms with Crippen LogP contribution >= 0.6 is 11.6 Å². The van der Waals surface area contributed by atoms with Crippen LogP contribution in [0.5, 0.6) is 0 Å². The van der Waals surface area contributed by atoms with Crippen molar-refractivity contribution in [1.29, 1.82) is 0 Å². The van der Waals surface area contributed by atoms with Crippen molar-refractivity contribution in [2.45, 2.75) is 17.2 Å². The molecule has 1 aromatic carbocycles. The first kappa shape index (κ1) is 11.4. The van der Waals surface area contributed by atoms with E-state index in [1.807, 2.05) is 0 Å². The first-order chi connectivity index (χ1) is 7.38. The maximum absolute atomic E-state index is 11.4. The number of hydrogen-bond acceptors (Lipinski definition) is 3. The molecule has 0 saturated heterocycles. The molecule has 1 atom stereocenters. The molecule has 4 nitrogen and oxygen atoms in total. The van der Waals surface area contributed by atoms with Crippen LogP contribution in [0.25, 0.3) is 11.0 Å². The Hall–Kier alpha value is -1.07. The molecule has 0 amide bonds. The lowest BCUT2D eigenvalue weighted by Crippen LogP contribution is -1.96. The standard InChI is InChI=1S/C10H11ClN2O2S/c1-6(11)10-12-8-4-3-7(16(2,14)15)5-9(8)13-10/h3-6H,1-2H3,(H,12,13). The highest BCUT2D eigenvalue weighted by Crippen LogP contribution is 2.22. The van der Waals surface area contributed by atoms with Crippen molar-refractivity contribution in [2.75, 3.05) is 6.26 Å². The van der Waals surface area contributed by atoms with Gasteiger partial charge in [-0.05, 0) is 25.1 Å². The summed E-state index contributed by atoms with van der Waals surface area (Å²) in [7, 11) is -3.19. The molecule has 6 heteroatoms. The topological polar surface area (TPSA) is 62.8 Å². The second kappa shape index (κ2) is 3.75. The number of imidazole rings is 1.